The monoisotopic (exact) mass is 437 g/mol. The Kier molecular flexibility index (Phi) is 5.90. The third-order valence-electron chi connectivity index (χ3n) is 5.26. The second-order valence-electron chi connectivity index (χ2n) is 7.22. The molecule has 0 aliphatic carbocycles. The minimum Gasteiger partial charge on any atom is -0.497 e. The third kappa shape index (κ3) is 4.25. The molecule has 1 atom stereocenters. The minimum absolute atomic E-state index is 0.0982. The molecule has 7 nitrogen and oxygen atoms in total. The van der Waals surface area contributed by atoms with Crippen LogP contribution in [0.4, 0.5) is 10.8 Å². The first kappa shape index (κ1) is 20.9. The average Bonchev–Trinajstić information content (AvgIpc) is 3.36. The summed E-state index contributed by atoms with van der Waals surface area (Å²) in [7, 11) is 3.19. The summed E-state index contributed by atoms with van der Waals surface area (Å²) in [6.45, 7) is 2.27. The zero-order chi connectivity index (χ0) is 22.0. The van der Waals surface area contributed by atoms with Gasteiger partial charge in [-0.1, -0.05) is 12.1 Å². The second-order valence-corrected chi connectivity index (χ2v) is 8.42. The van der Waals surface area contributed by atoms with Gasteiger partial charge >= 0.3 is 0 Å². The average molecular weight is 438 g/mol. The van der Waals surface area contributed by atoms with Gasteiger partial charge in [-0.15, -0.1) is 11.3 Å². The van der Waals surface area contributed by atoms with E-state index in [1.807, 2.05) is 49.4 Å². The van der Waals surface area contributed by atoms with Crippen molar-refractivity contribution in [3.05, 3.63) is 53.4 Å². The number of nitrogens with one attached hydrogen (secondary N) is 1. The Labute approximate surface area is 184 Å². The lowest BCUT2D eigenvalue weighted by molar-refractivity contribution is -0.122. The molecule has 1 aromatic heterocycles. The van der Waals surface area contributed by atoms with Crippen molar-refractivity contribution in [1.82, 2.24) is 4.98 Å². The van der Waals surface area contributed by atoms with Gasteiger partial charge in [-0.2, -0.15) is 0 Å². The van der Waals surface area contributed by atoms with Gasteiger partial charge in [-0.3, -0.25) is 9.59 Å². The van der Waals surface area contributed by atoms with E-state index in [0.29, 0.717) is 23.1 Å². The Morgan fingerprint density at radius 3 is 2.58 bits per heavy atom. The molecule has 160 valence electrons. The maximum Gasteiger partial charge on any atom is 0.231 e. The number of aryl methyl sites for hydroxylation is 1. The number of anilines is 2. The molecular weight excluding hydrogens is 414 g/mol. The van der Waals surface area contributed by atoms with Gasteiger partial charge in [0.25, 0.3) is 0 Å². The quantitative estimate of drug-likeness (QED) is 0.627. The molecule has 1 fully saturated rings. The molecule has 2 amide bonds. The van der Waals surface area contributed by atoms with E-state index >= 15 is 0 Å². The number of ether oxygens (including phenoxy) is 2. The Balaban J connectivity index is 1.47. The summed E-state index contributed by atoms with van der Waals surface area (Å²) < 4.78 is 10.6. The number of hydrogen-bond acceptors (Lipinski definition) is 6. The molecule has 0 saturated carbocycles. The molecule has 0 bridgehead atoms. The van der Waals surface area contributed by atoms with Crippen molar-refractivity contribution in [2.45, 2.75) is 13.3 Å². The number of carbonyl (C=O) groups excluding carboxylic acids is 2. The second kappa shape index (κ2) is 8.77. The zero-order valence-corrected chi connectivity index (χ0v) is 18.4. The summed E-state index contributed by atoms with van der Waals surface area (Å²) in [4.78, 5) is 32.6. The maximum atomic E-state index is 12.9. The number of para-hydroxylation sites is 2. The van der Waals surface area contributed by atoms with Crippen LogP contribution in [0.25, 0.3) is 11.3 Å². The molecular formula is C23H23N3O4S. The van der Waals surface area contributed by atoms with E-state index in [2.05, 4.69) is 10.3 Å². The number of thiazole rings is 1. The molecule has 2 aromatic carbocycles. The fraction of sp³-hybridized carbons (Fsp3) is 0.261. The SMILES string of the molecule is COc1ccc(-c2nc(NC(=O)[C@@H]3CC(=O)N(c4ccccc4OC)C3)sc2C)cc1. The number of methoxy groups -OCH3 is 2. The minimum atomic E-state index is -0.453. The van der Waals surface area contributed by atoms with Crippen LogP contribution in [0, 0.1) is 12.8 Å². The van der Waals surface area contributed by atoms with Crippen molar-refractivity contribution in [2.24, 2.45) is 5.92 Å². The van der Waals surface area contributed by atoms with Crippen LogP contribution >= 0.6 is 11.3 Å². The molecule has 31 heavy (non-hydrogen) atoms. The molecule has 2 heterocycles. The molecule has 1 aliphatic heterocycles. The van der Waals surface area contributed by atoms with Gasteiger partial charge in [0, 0.05) is 23.4 Å². The summed E-state index contributed by atoms with van der Waals surface area (Å²) in [5.74, 6) is 0.623. The van der Waals surface area contributed by atoms with E-state index in [0.717, 1.165) is 21.9 Å². The highest BCUT2D eigenvalue weighted by Crippen LogP contribution is 2.34. The lowest BCUT2D eigenvalue weighted by Crippen LogP contribution is -2.28. The van der Waals surface area contributed by atoms with Crippen molar-refractivity contribution < 1.29 is 19.1 Å². The number of rotatable bonds is 6. The van der Waals surface area contributed by atoms with Crippen LogP contribution in [0.5, 0.6) is 11.5 Å². The first-order valence-corrected chi connectivity index (χ1v) is 10.7. The number of hydrogen-bond donors (Lipinski definition) is 1. The largest absolute Gasteiger partial charge is 0.497 e. The lowest BCUT2D eigenvalue weighted by Gasteiger charge is -2.19. The predicted octanol–water partition coefficient (Wildman–Crippen LogP) is 4.13. The molecule has 8 heteroatoms. The van der Waals surface area contributed by atoms with Gasteiger partial charge in [0.05, 0.1) is 31.5 Å². The highest BCUT2D eigenvalue weighted by Gasteiger charge is 2.36. The number of carbonyl (C=O) groups is 2. The molecule has 0 radical (unpaired) electrons. The van der Waals surface area contributed by atoms with Crippen molar-refractivity contribution in [1.29, 1.82) is 0 Å². The summed E-state index contributed by atoms with van der Waals surface area (Å²) in [5, 5.41) is 3.42. The number of nitrogens with zero attached hydrogens (tertiary/aromatic N) is 2. The first-order valence-electron chi connectivity index (χ1n) is 9.86. The molecule has 0 unspecified atom stereocenters. The molecule has 3 aromatic rings. The number of aromatic nitrogens is 1. The molecule has 1 saturated heterocycles. The van der Waals surface area contributed by atoms with Crippen molar-refractivity contribution in [2.75, 3.05) is 31.0 Å². The summed E-state index contributed by atoms with van der Waals surface area (Å²) in [5.41, 5.74) is 2.45. The van der Waals surface area contributed by atoms with Crippen LogP contribution in [0.1, 0.15) is 11.3 Å². The molecule has 1 N–H and O–H groups in total. The van der Waals surface area contributed by atoms with Crippen molar-refractivity contribution in [3.8, 4) is 22.8 Å². The summed E-state index contributed by atoms with van der Waals surface area (Å²) >= 11 is 1.42. The Morgan fingerprint density at radius 1 is 1.13 bits per heavy atom. The van der Waals surface area contributed by atoms with E-state index in [4.69, 9.17) is 9.47 Å². The van der Waals surface area contributed by atoms with E-state index in [-0.39, 0.29) is 18.2 Å². The van der Waals surface area contributed by atoms with Crippen LogP contribution in [-0.4, -0.2) is 37.6 Å². The maximum absolute atomic E-state index is 12.9. The highest BCUT2D eigenvalue weighted by atomic mass is 32.1. The lowest BCUT2D eigenvalue weighted by atomic mass is 10.1. The molecule has 0 spiro atoms. The van der Waals surface area contributed by atoms with Gasteiger partial charge in [0.1, 0.15) is 11.5 Å². The van der Waals surface area contributed by atoms with Crippen molar-refractivity contribution in [3.63, 3.8) is 0 Å². The van der Waals surface area contributed by atoms with Crippen LogP contribution in [0.3, 0.4) is 0 Å². The number of amides is 2. The standard InChI is InChI=1S/C23H23N3O4S/c1-14-21(15-8-10-17(29-2)11-9-15)24-23(31-14)25-22(28)16-12-20(27)26(13-16)18-6-4-5-7-19(18)30-3/h4-11,16H,12-13H2,1-3H3,(H,24,25,28)/t16-/m1/s1. The van der Waals surface area contributed by atoms with Gasteiger partial charge < -0.3 is 19.7 Å². The first-order chi connectivity index (χ1) is 15.0. The zero-order valence-electron chi connectivity index (χ0n) is 17.5. The Morgan fingerprint density at radius 2 is 1.87 bits per heavy atom. The van der Waals surface area contributed by atoms with Crippen LogP contribution in [-0.2, 0) is 9.59 Å². The third-order valence-corrected chi connectivity index (χ3v) is 6.15. The van der Waals surface area contributed by atoms with E-state index in [9.17, 15) is 9.59 Å². The normalized spacial score (nSPS) is 15.8. The van der Waals surface area contributed by atoms with Gasteiger partial charge in [0.2, 0.25) is 11.8 Å². The van der Waals surface area contributed by atoms with Crippen molar-refractivity contribution >= 4 is 34.0 Å². The van der Waals surface area contributed by atoms with E-state index in [1.165, 1.54) is 11.3 Å². The van der Waals surface area contributed by atoms with Crippen LogP contribution < -0.4 is 19.7 Å². The van der Waals surface area contributed by atoms with Crippen LogP contribution in [0.15, 0.2) is 48.5 Å². The highest BCUT2D eigenvalue weighted by molar-refractivity contribution is 7.16. The van der Waals surface area contributed by atoms with Gasteiger partial charge in [-0.05, 0) is 43.3 Å². The van der Waals surface area contributed by atoms with E-state index < -0.39 is 5.92 Å². The van der Waals surface area contributed by atoms with Gasteiger partial charge in [-0.25, -0.2) is 4.98 Å². The van der Waals surface area contributed by atoms with Crippen LogP contribution in [0.2, 0.25) is 0 Å². The smallest absolute Gasteiger partial charge is 0.231 e. The number of benzene rings is 2. The predicted molar refractivity (Wildman–Crippen MR) is 121 cm³/mol. The Bertz CT molecular complexity index is 1110. The van der Waals surface area contributed by atoms with E-state index in [1.54, 1.807) is 25.2 Å². The fourth-order valence-corrected chi connectivity index (χ4v) is 4.48. The summed E-state index contributed by atoms with van der Waals surface area (Å²) in [6.07, 6.45) is 0.152. The fourth-order valence-electron chi connectivity index (χ4n) is 3.64. The summed E-state index contributed by atoms with van der Waals surface area (Å²) in [6, 6.07) is 14.9. The molecule has 4 rings (SSSR count). The molecule has 1 aliphatic rings. The Hall–Kier alpha value is -3.39. The van der Waals surface area contributed by atoms with Gasteiger partial charge in [0.15, 0.2) is 5.13 Å². The topological polar surface area (TPSA) is 80.8 Å².